The SMILES string of the molecule is CCCCCCCCc1cnc(-c2ccc(OC(=O)C[C@@H]3C[C@H]3C3CC3)cc2)nc1. The summed E-state index contributed by atoms with van der Waals surface area (Å²) >= 11 is 0. The summed E-state index contributed by atoms with van der Waals surface area (Å²) in [4.78, 5) is 21.2. The maximum absolute atomic E-state index is 12.2. The second-order valence-corrected chi connectivity index (χ2v) is 9.13. The first-order valence-electron chi connectivity index (χ1n) is 11.8. The topological polar surface area (TPSA) is 52.1 Å². The first kappa shape index (κ1) is 21.0. The molecule has 1 aromatic heterocycles. The summed E-state index contributed by atoms with van der Waals surface area (Å²) in [6, 6.07) is 7.53. The fourth-order valence-electron chi connectivity index (χ4n) is 4.41. The molecule has 0 saturated heterocycles. The third-order valence-corrected chi connectivity index (χ3v) is 6.50. The Morgan fingerprint density at radius 1 is 1.00 bits per heavy atom. The van der Waals surface area contributed by atoms with Crippen LogP contribution < -0.4 is 4.74 Å². The zero-order valence-electron chi connectivity index (χ0n) is 18.2. The van der Waals surface area contributed by atoms with Crippen molar-refractivity contribution in [1.29, 1.82) is 0 Å². The van der Waals surface area contributed by atoms with Crippen LogP contribution in [0.4, 0.5) is 0 Å². The third-order valence-electron chi connectivity index (χ3n) is 6.50. The number of carbonyl (C=O) groups excluding carboxylic acids is 1. The largest absolute Gasteiger partial charge is 0.427 e. The Bertz CT molecular complexity index is 812. The fourth-order valence-corrected chi connectivity index (χ4v) is 4.41. The van der Waals surface area contributed by atoms with Crippen LogP contribution in [0.3, 0.4) is 0 Å². The molecule has 2 aliphatic carbocycles. The zero-order chi connectivity index (χ0) is 20.8. The predicted molar refractivity (Wildman–Crippen MR) is 119 cm³/mol. The zero-order valence-corrected chi connectivity index (χ0v) is 18.2. The highest BCUT2D eigenvalue weighted by atomic mass is 16.5. The van der Waals surface area contributed by atoms with Crippen molar-refractivity contribution in [3.05, 3.63) is 42.2 Å². The van der Waals surface area contributed by atoms with E-state index in [4.69, 9.17) is 4.74 Å². The van der Waals surface area contributed by atoms with Gasteiger partial charge in [-0.15, -0.1) is 0 Å². The Labute approximate surface area is 180 Å². The fraction of sp³-hybridized carbons (Fsp3) is 0.577. The van der Waals surface area contributed by atoms with Crippen LogP contribution in [0.1, 0.15) is 76.7 Å². The van der Waals surface area contributed by atoms with Crippen LogP contribution in [0.5, 0.6) is 5.75 Å². The highest BCUT2D eigenvalue weighted by molar-refractivity contribution is 5.73. The van der Waals surface area contributed by atoms with Crippen molar-refractivity contribution in [2.75, 3.05) is 0 Å². The van der Waals surface area contributed by atoms with Gasteiger partial charge in [0.15, 0.2) is 5.82 Å². The molecule has 2 fully saturated rings. The number of aryl methyl sites for hydroxylation is 1. The highest BCUT2D eigenvalue weighted by Crippen LogP contribution is 2.55. The van der Waals surface area contributed by atoms with Gasteiger partial charge >= 0.3 is 5.97 Å². The van der Waals surface area contributed by atoms with Crippen molar-refractivity contribution in [2.24, 2.45) is 17.8 Å². The number of rotatable bonds is 12. The van der Waals surface area contributed by atoms with Crippen LogP contribution in [-0.2, 0) is 11.2 Å². The number of hydrogen-bond acceptors (Lipinski definition) is 4. The lowest BCUT2D eigenvalue weighted by atomic mass is 10.1. The van der Waals surface area contributed by atoms with E-state index >= 15 is 0 Å². The lowest BCUT2D eigenvalue weighted by molar-refractivity contribution is -0.134. The van der Waals surface area contributed by atoms with Gasteiger partial charge in [0.2, 0.25) is 0 Å². The summed E-state index contributed by atoms with van der Waals surface area (Å²) < 4.78 is 5.52. The van der Waals surface area contributed by atoms with Gasteiger partial charge in [-0.2, -0.15) is 0 Å². The van der Waals surface area contributed by atoms with E-state index < -0.39 is 0 Å². The van der Waals surface area contributed by atoms with Crippen molar-refractivity contribution >= 4 is 5.97 Å². The number of ether oxygens (including phenoxy) is 1. The first-order valence-corrected chi connectivity index (χ1v) is 11.8. The molecule has 4 heteroatoms. The van der Waals surface area contributed by atoms with Gasteiger partial charge in [-0.25, -0.2) is 9.97 Å². The number of unbranched alkanes of at least 4 members (excludes halogenated alkanes) is 5. The predicted octanol–water partition coefficient (Wildman–Crippen LogP) is 6.39. The van der Waals surface area contributed by atoms with Gasteiger partial charge in [-0.3, -0.25) is 4.79 Å². The molecule has 4 rings (SSSR count). The average molecular weight is 407 g/mol. The van der Waals surface area contributed by atoms with Gasteiger partial charge in [0.05, 0.1) is 0 Å². The summed E-state index contributed by atoms with van der Waals surface area (Å²) in [7, 11) is 0. The van der Waals surface area contributed by atoms with Gasteiger partial charge in [0.1, 0.15) is 5.75 Å². The average Bonchev–Trinajstić information content (AvgIpc) is 3.67. The molecule has 2 aromatic rings. The molecule has 0 spiro atoms. The van der Waals surface area contributed by atoms with Crippen molar-refractivity contribution in [2.45, 2.75) is 77.6 Å². The van der Waals surface area contributed by atoms with Gasteiger partial charge in [-0.1, -0.05) is 39.0 Å². The molecule has 160 valence electrons. The van der Waals surface area contributed by atoms with Gasteiger partial charge in [-0.05, 0) is 79.7 Å². The number of nitrogens with zero attached hydrogens (tertiary/aromatic N) is 2. The Morgan fingerprint density at radius 2 is 1.70 bits per heavy atom. The van der Waals surface area contributed by atoms with Crippen LogP contribution in [0, 0.1) is 17.8 Å². The lowest BCUT2D eigenvalue weighted by Crippen LogP contribution is -2.09. The summed E-state index contributed by atoms with van der Waals surface area (Å²) in [5, 5.41) is 0. The maximum atomic E-state index is 12.2. The molecular weight excluding hydrogens is 372 g/mol. The van der Waals surface area contributed by atoms with Crippen LogP contribution in [0.2, 0.25) is 0 Å². The third kappa shape index (κ3) is 6.13. The van der Waals surface area contributed by atoms with E-state index in [0.29, 0.717) is 23.9 Å². The Kier molecular flexibility index (Phi) is 7.14. The lowest BCUT2D eigenvalue weighted by Gasteiger charge is -2.06. The van der Waals surface area contributed by atoms with Crippen molar-refractivity contribution in [3.63, 3.8) is 0 Å². The monoisotopic (exact) mass is 406 g/mol. The van der Waals surface area contributed by atoms with Crippen molar-refractivity contribution < 1.29 is 9.53 Å². The van der Waals surface area contributed by atoms with Crippen LogP contribution in [0.15, 0.2) is 36.7 Å². The Hall–Kier alpha value is -2.23. The van der Waals surface area contributed by atoms with Crippen LogP contribution >= 0.6 is 0 Å². The van der Waals surface area contributed by atoms with Gasteiger partial charge in [0, 0.05) is 24.4 Å². The van der Waals surface area contributed by atoms with Gasteiger partial charge in [0.25, 0.3) is 0 Å². The summed E-state index contributed by atoms with van der Waals surface area (Å²) in [5.74, 6) is 3.47. The molecule has 0 amide bonds. The van der Waals surface area contributed by atoms with E-state index in [1.54, 1.807) is 0 Å². The number of aromatic nitrogens is 2. The highest BCUT2D eigenvalue weighted by Gasteiger charge is 2.48. The molecule has 2 aliphatic rings. The standard InChI is InChI=1S/C26H34N2O2/c1-2-3-4-5-6-7-8-19-17-27-26(28-18-19)21-11-13-23(14-12-21)30-25(29)16-22-15-24(22)20-9-10-20/h11-14,17-18,20,22,24H,2-10,15-16H2,1H3/t22-,24-/m0/s1. The number of carbonyl (C=O) groups is 1. The van der Waals surface area contributed by atoms with Crippen LogP contribution in [-0.4, -0.2) is 15.9 Å². The normalized spacial score (nSPS) is 20.2. The van der Waals surface area contributed by atoms with Crippen LogP contribution in [0.25, 0.3) is 11.4 Å². The molecular formula is C26H34N2O2. The first-order chi connectivity index (χ1) is 14.7. The van der Waals surface area contributed by atoms with Crippen molar-refractivity contribution in [3.8, 4) is 17.1 Å². The number of benzene rings is 1. The summed E-state index contributed by atoms with van der Waals surface area (Å²) in [6.45, 7) is 2.25. The molecule has 1 aromatic carbocycles. The quantitative estimate of drug-likeness (QED) is 0.233. The Balaban J connectivity index is 1.21. The van der Waals surface area contributed by atoms with E-state index in [-0.39, 0.29) is 5.97 Å². The summed E-state index contributed by atoms with van der Waals surface area (Å²) in [6.07, 6.45) is 17.2. The van der Waals surface area contributed by atoms with E-state index in [9.17, 15) is 4.79 Å². The summed E-state index contributed by atoms with van der Waals surface area (Å²) in [5.41, 5.74) is 2.14. The van der Waals surface area contributed by atoms with Gasteiger partial charge < -0.3 is 4.74 Å². The Morgan fingerprint density at radius 3 is 2.40 bits per heavy atom. The minimum atomic E-state index is -0.105. The molecule has 1 heterocycles. The molecule has 0 radical (unpaired) electrons. The molecule has 0 N–H and O–H groups in total. The minimum Gasteiger partial charge on any atom is -0.427 e. The minimum absolute atomic E-state index is 0.105. The van der Waals surface area contributed by atoms with E-state index in [0.717, 1.165) is 23.8 Å². The number of hydrogen-bond donors (Lipinski definition) is 0. The maximum Gasteiger partial charge on any atom is 0.311 e. The molecule has 4 nitrogen and oxygen atoms in total. The smallest absolute Gasteiger partial charge is 0.311 e. The van der Waals surface area contributed by atoms with E-state index in [2.05, 4.69) is 16.9 Å². The molecule has 2 atom stereocenters. The molecule has 0 bridgehead atoms. The molecule has 0 unspecified atom stereocenters. The second kappa shape index (κ2) is 10.2. The number of esters is 1. The van der Waals surface area contributed by atoms with E-state index in [1.165, 1.54) is 63.4 Å². The second-order valence-electron chi connectivity index (χ2n) is 9.13. The molecule has 0 aliphatic heterocycles. The molecule has 30 heavy (non-hydrogen) atoms. The van der Waals surface area contributed by atoms with E-state index in [1.807, 2.05) is 36.7 Å². The van der Waals surface area contributed by atoms with Crippen molar-refractivity contribution in [1.82, 2.24) is 9.97 Å². The molecule has 2 saturated carbocycles.